The second kappa shape index (κ2) is 5.48. The van der Waals surface area contributed by atoms with Gasteiger partial charge in [0.2, 0.25) is 0 Å². The summed E-state index contributed by atoms with van der Waals surface area (Å²) < 4.78 is 0. The molecule has 2 amide bonds. The maximum absolute atomic E-state index is 11.8. The summed E-state index contributed by atoms with van der Waals surface area (Å²) in [5.41, 5.74) is 1.30. The lowest BCUT2D eigenvalue weighted by Crippen LogP contribution is -2.49. The minimum Gasteiger partial charge on any atom is -0.479 e. The molecule has 1 aliphatic rings. The lowest BCUT2D eigenvalue weighted by molar-refractivity contribution is -0.139. The fourth-order valence-electron chi connectivity index (χ4n) is 1.87. The van der Waals surface area contributed by atoms with Crippen molar-refractivity contribution in [3.63, 3.8) is 0 Å². The average Bonchev–Trinajstić information content (AvgIpc) is 2.27. The number of hydrogen-bond acceptors (Lipinski definition) is 2. The molecular weight excluding hydrogens is 268 g/mol. The van der Waals surface area contributed by atoms with Gasteiger partial charge in [-0.15, -0.1) is 0 Å². The Kier molecular flexibility index (Phi) is 3.95. The molecule has 102 valence electrons. The predicted octanol–water partition coefficient (Wildman–Crippen LogP) is 2.19. The minimum atomic E-state index is -1.09. The van der Waals surface area contributed by atoms with E-state index >= 15 is 0 Å². The number of carbonyl (C=O) groups excluding carboxylic acids is 1. The molecule has 1 aliphatic heterocycles. The molecule has 1 atom stereocenters. The molecule has 2 N–H and O–H groups in total. The Balaban J connectivity index is 2.16. The van der Waals surface area contributed by atoms with E-state index in [0.29, 0.717) is 23.7 Å². The van der Waals surface area contributed by atoms with Gasteiger partial charge in [0, 0.05) is 18.1 Å². The third-order valence-corrected chi connectivity index (χ3v) is 3.60. The fraction of sp³-hybridized carbons (Fsp3) is 0.385. The third-order valence-electron chi connectivity index (χ3n) is 3.17. The van der Waals surface area contributed by atoms with Crippen molar-refractivity contribution in [3.05, 3.63) is 34.3 Å². The molecule has 1 saturated heterocycles. The van der Waals surface area contributed by atoms with Gasteiger partial charge < -0.3 is 15.3 Å². The van der Waals surface area contributed by atoms with Crippen LogP contribution >= 0.6 is 11.6 Å². The normalized spacial score (nSPS) is 15.6. The summed E-state index contributed by atoms with van der Waals surface area (Å²) in [5.74, 6) is -1.09. The van der Waals surface area contributed by atoms with Gasteiger partial charge in [0.1, 0.15) is 0 Å². The van der Waals surface area contributed by atoms with Crippen LogP contribution in [0.2, 0.25) is 5.02 Å². The quantitative estimate of drug-likeness (QED) is 0.893. The van der Waals surface area contributed by atoms with Crippen LogP contribution in [0.1, 0.15) is 23.6 Å². The summed E-state index contributed by atoms with van der Waals surface area (Å²) >= 11 is 5.91. The molecule has 1 unspecified atom stereocenters. The van der Waals surface area contributed by atoms with Crippen LogP contribution in [-0.4, -0.2) is 35.1 Å². The zero-order valence-corrected chi connectivity index (χ0v) is 11.3. The number of aliphatic carboxylic acids is 1. The molecule has 1 heterocycles. The number of halogens is 1. The van der Waals surface area contributed by atoms with Gasteiger partial charge in [0.25, 0.3) is 0 Å². The molecule has 0 spiro atoms. The molecule has 0 aliphatic carbocycles. The van der Waals surface area contributed by atoms with Crippen LogP contribution in [0, 0.1) is 6.92 Å². The average molecular weight is 283 g/mol. The SMILES string of the molecule is Cc1cc(C(NC(=O)N2CCC2)C(=O)O)ccc1Cl. The molecule has 6 heteroatoms. The summed E-state index contributed by atoms with van der Waals surface area (Å²) in [6, 6.07) is 3.54. The number of amides is 2. The number of carboxylic acid groups (broad SMARTS) is 1. The number of hydrogen-bond donors (Lipinski definition) is 2. The summed E-state index contributed by atoms with van der Waals surface area (Å²) in [6.45, 7) is 3.15. The van der Waals surface area contributed by atoms with Crippen LogP contribution in [0.25, 0.3) is 0 Å². The zero-order valence-electron chi connectivity index (χ0n) is 10.5. The van der Waals surface area contributed by atoms with Gasteiger partial charge in [-0.2, -0.15) is 0 Å². The fourth-order valence-corrected chi connectivity index (χ4v) is 1.99. The van der Waals surface area contributed by atoms with Crippen LogP contribution in [0.15, 0.2) is 18.2 Å². The van der Waals surface area contributed by atoms with Crippen LogP contribution < -0.4 is 5.32 Å². The second-order valence-electron chi connectivity index (χ2n) is 4.57. The monoisotopic (exact) mass is 282 g/mol. The number of nitrogens with zero attached hydrogens (tertiary/aromatic N) is 1. The van der Waals surface area contributed by atoms with E-state index in [-0.39, 0.29) is 6.03 Å². The highest BCUT2D eigenvalue weighted by molar-refractivity contribution is 6.31. The van der Waals surface area contributed by atoms with E-state index in [0.717, 1.165) is 12.0 Å². The van der Waals surface area contributed by atoms with E-state index < -0.39 is 12.0 Å². The highest BCUT2D eigenvalue weighted by Gasteiger charge is 2.27. The Morgan fingerprint density at radius 3 is 2.58 bits per heavy atom. The van der Waals surface area contributed by atoms with Gasteiger partial charge in [-0.3, -0.25) is 0 Å². The maximum Gasteiger partial charge on any atom is 0.330 e. The van der Waals surface area contributed by atoms with Crippen molar-refractivity contribution in [2.75, 3.05) is 13.1 Å². The Hall–Kier alpha value is -1.75. The van der Waals surface area contributed by atoms with Crippen molar-refractivity contribution in [3.8, 4) is 0 Å². The molecule has 0 saturated carbocycles. The van der Waals surface area contributed by atoms with Crippen molar-refractivity contribution in [2.24, 2.45) is 0 Å². The van der Waals surface area contributed by atoms with Crippen LogP contribution in [0.5, 0.6) is 0 Å². The number of likely N-dealkylation sites (tertiary alicyclic amines) is 1. The molecule has 19 heavy (non-hydrogen) atoms. The summed E-state index contributed by atoms with van der Waals surface area (Å²) in [5, 5.41) is 12.3. The lowest BCUT2D eigenvalue weighted by atomic mass is 10.0. The predicted molar refractivity (Wildman–Crippen MR) is 71.3 cm³/mol. The van der Waals surface area contributed by atoms with Gasteiger partial charge in [-0.25, -0.2) is 9.59 Å². The highest BCUT2D eigenvalue weighted by Crippen LogP contribution is 2.21. The minimum absolute atomic E-state index is 0.341. The topological polar surface area (TPSA) is 69.6 Å². The molecule has 0 bridgehead atoms. The van der Waals surface area contributed by atoms with E-state index in [1.54, 1.807) is 30.0 Å². The van der Waals surface area contributed by atoms with E-state index in [4.69, 9.17) is 11.6 Å². The van der Waals surface area contributed by atoms with Gasteiger partial charge >= 0.3 is 12.0 Å². The van der Waals surface area contributed by atoms with Crippen molar-refractivity contribution in [2.45, 2.75) is 19.4 Å². The summed E-state index contributed by atoms with van der Waals surface area (Å²) in [4.78, 5) is 24.7. The van der Waals surface area contributed by atoms with Crippen molar-refractivity contribution < 1.29 is 14.7 Å². The molecular formula is C13H15ClN2O3. The van der Waals surface area contributed by atoms with E-state index in [1.165, 1.54) is 0 Å². The number of aryl methyl sites for hydroxylation is 1. The van der Waals surface area contributed by atoms with Crippen molar-refractivity contribution >= 4 is 23.6 Å². The summed E-state index contributed by atoms with van der Waals surface area (Å²) in [6.07, 6.45) is 0.964. The zero-order chi connectivity index (χ0) is 14.0. The smallest absolute Gasteiger partial charge is 0.330 e. The van der Waals surface area contributed by atoms with Gasteiger partial charge in [-0.1, -0.05) is 23.7 Å². The van der Waals surface area contributed by atoms with E-state index in [2.05, 4.69) is 5.32 Å². The Bertz CT molecular complexity index is 515. The van der Waals surface area contributed by atoms with Gasteiger partial charge in [0.15, 0.2) is 6.04 Å². The number of carboxylic acids is 1. The van der Waals surface area contributed by atoms with Crippen molar-refractivity contribution in [1.82, 2.24) is 10.2 Å². The highest BCUT2D eigenvalue weighted by atomic mass is 35.5. The standard InChI is InChI=1S/C13H15ClN2O3/c1-8-7-9(3-4-10(8)14)11(12(17)18)15-13(19)16-5-2-6-16/h3-4,7,11H,2,5-6H2,1H3,(H,15,19)(H,17,18). The molecule has 2 rings (SSSR count). The van der Waals surface area contributed by atoms with E-state index in [9.17, 15) is 14.7 Å². The second-order valence-corrected chi connectivity index (χ2v) is 4.98. The first-order valence-electron chi connectivity index (χ1n) is 6.03. The maximum atomic E-state index is 11.8. The van der Waals surface area contributed by atoms with Gasteiger partial charge in [-0.05, 0) is 30.5 Å². The largest absolute Gasteiger partial charge is 0.479 e. The molecule has 0 radical (unpaired) electrons. The first-order valence-corrected chi connectivity index (χ1v) is 6.41. The number of rotatable bonds is 3. The Labute approximate surface area is 116 Å². The molecule has 1 aromatic carbocycles. The summed E-state index contributed by atoms with van der Waals surface area (Å²) in [7, 11) is 0. The van der Waals surface area contributed by atoms with Crippen LogP contribution in [-0.2, 0) is 4.79 Å². The number of urea groups is 1. The first kappa shape index (κ1) is 13.7. The number of benzene rings is 1. The molecule has 0 aromatic heterocycles. The lowest BCUT2D eigenvalue weighted by Gasteiger charge is -2.32. The third kappa shape index (κ3) is 2.98. The van der Waals surface area contributed by atoms with E-state index in [1.807, 2.05) is 0 Å². The molecule has 1 aromatic rings. The Morgan fingerprint density at radius 1 is 1.42 bits per heavy atom. The number of carbonyl (C=O) groups is 2. The Morgan fingerprint density at radius 2 is 2.11 bits per heavy atom. The van der Waals surface area contributed by atoms with Gasteiger partial charge in [0.05, 0.1) is 0 Å². The van der Waals surface area contributed by atoms with Crippen molar-refractivity contribution in [1.29, 1.82) is 0 Å². The van der Waals surface area contributed by atoms with Crippen LogP contribution in [0.4, 0.5) is 4.79 Å². The number of nitrogens with one attached hydrogen (secondary N) is 1. The first-order chi connectivity index (χ1) is 8.99. The molecule has 1 fully saturated rings. The molecule has 5 nitrogen and oxygen atoms in total. The van der Waals surface area contributed by atoms with Crippen LogP contribution in [0.3, 0.4) is 0 Å².